The third-order valence-electron chi connectivity index (χ3n) is 3.53. The van der Waals surface area contributed by atoms with Gasteiger partial charge in [0.15, 0.2) is 5.78 Å². The molecule has 0 radical (unpaired) electrons. The van der Waals surface area contributed by atoms with Gasteiger partial charge in [0.2, 0.25) is 0 Å². The maximum atomic E-state index is 12.1. The van der Waals surface area contributed by atoms with Crippen LogP contribution in [0, 0.1) is 11.3 Å². The van der Waals surface area contributed by atoms with Crippen molar-refractivity contribution in [2.24, 2.45) is 11.3 Å². The van der Waals surface area contributed by atoms with Gasteiger partial charge in [0.05, 0.1) is 12.5 Å². The average Bonchev–Trinajstić information content (AvgIpc) is 2.38. The molecule has 3 nitrogen and oxygen atoms in total. The highest BCUT2D eigenvalue weighted by molar-refractivity contribution is 5.96. The van der Waals surface area contributed by atoms with Crippen LogP contribution in [0.4, 0.5) is 0 Å². The van der Waals surface area contributed by atoms with E-state index in [1.54, 1.807) is 12.1 Å². The van der Waals surface area contributed by atoms with E-state index < -0.39 is 5.41 Å². The fourth-order valence-corrected chi connectivity index (χ4v) is 1.74. The van der Waals surface area contributed by atoms with Crippen LogP contribution in [0.3, 0.4) is 0 Å². The van der Waals surface area contributed by atoms with Crippen LogP contribution >= 0.6 is 0 Å². The molecule has 0 amide bonds. The van der Waals surface area contributed by atoms with Crippen LogP contribution in [-0.2, 0) is 9.53 Å². The Morgan fingerprint density at radius 1 is 1.22 bits per heavy atom. The summed E-state index contributed by atoms with van der Waals surface area (Å²) >= 11 is 0. The van der Waals surface area contributed by atoms with Crippen LogP contribution in [0.5, 0.6) is 0 Å². The fraction of sp³-hybridized carbons (Fsp3) is 0.467. The van der Waals surface area contributed by atoms with Crippen molar-refractivity contribution in [2.75, 3.05) is 7.11 Å². The molecule has 0 aliphatic rings. The molecule has 0 saturated heterocycles. The van der Waals surface area contributed by atoms with Gasteiger partial charge in [0, 0.05) is 12.0 Å². The smallest absolute Gasteiger partial charge is 0.311 e. The molecule has 0 aliphatic heterocycles. The molecule has 0 aromatic heterocycles. The molecule has 0 spiro atoms. The highest BCUT2D eigenvalue weighted by Crippen LogP contribution is 2.31. The number of esters is 1. The van der Waals surface area contributed by atoms with Gasteiger partial charge in [-0.15, -0.1) is 0 Å². The Bertz CT molecular complexity index is 421. The lowest BCUT2D eigenvalue weighted by molar-refractivity contribution is -0.153. The predicted molar refractivity (Wildman–Crippen MR) is 70.4 cm³/mol. The summed E-state index contributed by atoms with van der Waals surface area (Å²) in [7, 11) is 1.37. The van der Waals surface area contributed by atoms with Gasteiger partial charge in [-0.1, -0.05) is 37.3 Å². The van der Waals surface area contributed by atoms with Crippen molar-refractivity contribution >= 4 is 11.8 Å². The van der Waals surface area contributed by atoms with Gasteiger partial charge in [-0.05, 0) is 19.8 Å². The van der Waals surface area contributed by atoms with Crippen LogP contribution in [0.2, 0.25) is 0 Å². The van der Waals surface area contributed by atoms with E-state index in [-0.39, 0.29) is 17.7 Å². The van der Waals surface area contributed by atoms with Crippen LogP contribution < -0.4 is 0 Å². The summed E-state index contributed by atoms with van der Waals surface area (Å²) in [4.78, 5) is 23.7. The minimum atomic E-state index is -0.654. The van der Waals surface area contributed by atoms with Crippen molar-refractivity contribution in [3.8, 4) is 0 Å². The predicted octanol–water partition coefficient (Wildman–Crippen LogP) is 3.09. The van der Waals surface area contributed by atoms with E-state index in [9.17, 15) is 9.59 Å². The molecular formula is C15H20O3. The summed E-state index contributed by atoms with van der Waals surface area (Å²) in [5.41, 5.74) is 0.0316. The van der Waals surface area contributed by atoms with Crippen molar-refractivity contribution in [3.63, 3.8) is 0 Å². The lowest BCUT2D eigenvalue weighted by Gasteiger charge is -2.28. The zero-order valence-corrected chi connectivity index (χ0v) is 11.4. The topological polar surface area (TPSA) is 43.4 Å². The molecule has 1 rings (SSSR count). The Kier molecular flexibility index (Phi) is 4.65. The summed E-state index contributed by atoms with van der Waals surface area (Å²) in [5, 5.41) is 0. The first kappa shape index (κ1) is 14.4. The molecule has 18 heavy (non-hydrogen) atoms. The van der Waals surface area contributed by atoms with Crippen molar-refractivity contribution in [3.05, 3.63) is 35.9 Å². The lowest BCUT2D eigenvalue weighted by Crippen LogP contribution is -2.33. The van der Waals surface area contributed by atoms with Gasteiger partial charge in [-0.3, -0.25) is 9.59 Å². The fourth-order valence-electron chi connectivity index (χ4n) is 1.74. The largest absolute Gasteiger partial charge is 0.469 e. The number of ketones is 1. The third-order valence-corrected chi connectivity index (χ3v) is 3.53. The number of hydrogen-bond donors (Lipinski definition) is 0. The second kappa shape index (κ2) is 5.80. The van der Waals surface area contributed by atoms with Gasteiger partial charge < -0.3 is 4.74 Å². The van der Waals surface area contributed by atoms with E-state index in [4.69, 9.17) is 4.74 Å². The lowest BCUT2D eigenvalue weighted by atomic mass is 9.77. The maximum absolute atomic E-state index is 12.1. The second-order valence-corrected chi connectivity index (χ2v) is 5.11. The van der Waals surface area contributed by atoms with Crippen LogP contribution in [0.25, 0.3) is 0 Å². The first-order valence-corrected chi connectivity index (χ1v) is 6.06. The van der Waals surface area contributed by atoms with E-state index >= 15 is 0 Å². The quantitative estimate of drug-likeness (QED) is 0.594. The Hall–Kier alpha value is -1.64. The molecule has 0 unspecified atom stereocenters. The molecule has 0 aliphatic carbocycles. The molecule has 0 bridgehead atoms. The number of methoxy groups -OCH3 is 1. The summed E-state index contributed by atoms with van der Waals surface area (Å²) in [6.45, 7) is 5.52. The first-order chi connectivity index (χ1) is 8.39. The number of ether oxygens (including phenoxy) is 1. The number of carbonyl (C=O) groups excluding carboxylic acids is 2. The minimum Gasteiger partial charge on any atom is -0.469 e. The SMILES string of the molecule is COC(=O)C(C)(C)[C@H](C)CC(=O)c1ccccc1. The molecule has 1 atom stereocenters. The Morgan fingerprint density at radius 3 is 2.28 bits per heavy atom. The average molecular weight is 248 g/mol. The summed E-state index contributed by atoms with van der Waals surface area (Å²) in [5.74, 6) is -0.298. The number of benzene rings is 1. The van der Waals surface area contributed by atoms with Crippen molar-refractivity contribution in [1.29, 1.82) is 0 Å². The summed E-state index contributed by atoms with van der Waals surface area (Å²) in [6.07, 6.45) is 0.339. The standard InChI is InChI=1S/C15H20O3/c1-11(15(2,3)14(17)18-4)10-13(16)12-8-6-5-7-9-12/h5-9,11H,10H2,1-4H3/t11-/m1/s1. The van der Waals surface area contributed by atoms with Gasteiger partial charge in [0.1, 0.15) is 0 Å². The van der Waals surface area contributed by atoms with Crippen LogP contribution in [-0.4, -0.2) is 18.9 Å². The first-order valence-electron chi connectivity index (χ1n) is 6.06. The van der Waals surface area contributed by atoms with Gasteiger partial charge in [-0.2, -0.15) is 0 Å². The zero-order chi connectivity index (χ0) is 13.8. The van der Waals surface area contributed by atoms with Gasteiger partial charge in [0.25, 0.3) is 0 Å². The van der Waals surface area contributed by atoms with Gasteiger partial charge >= 0.3 is 5.97 Å². The summed E-state index contributed by atoms with van der Waals surface area (Å²) < 4.78 is 4.77. The van der Waals surface area contributed by atoms with E-state index in [1.807, 2.05) is 39.0 Å². The third kappa shape index (κ3) is 3.19. The zero-order valence-electron chi connectivity index (χ0n) is 11.4. The molecule has 0 heterocycles. The van der Waals surface area contributed by atoms with Crippen molar-refractivity contribution < 1.29 is 14.3 Å². The molecule has 0 N–H and O–H groups in total. The molecular weight excluding hydrogens is 228 g/mol. The van der Waals surface area contributed by atoms with Crippen molar-refractivity contribution in [2.45, 2.75) is 27.2 Å². The van der Waals surface area contributed by atoms with E-state index in [2.05, 4.69) is 0 Å². The number of Topliss-reactive ketones (excluding diaryl/α,β-unsaturated/α-hetero) is 1. The molecule has 0 fully saturated rings. The van der Waals surface area contributed by atoms with E-state index in [0.717, 1.165) is 0 Å². The number of rotatable bonds is 5. The molecule has 0 saturated carbocycles. The second-order valence-electron chi connectivity index (χ2n) is 5.11. The van der Waals surface area contributed by atoms with E-state index in [0.29, 0.717) is 12.0 Å². The Labute approximate surface area is 108 Å². The van der Waals surface area contributed by atoms with Crippen molar-refractivity contribution in [1.82, 2.24) is 0 Å². The molecule has 98 valence electrons. The summed E-state index contributed by atoms with van der Waals surface area (Å²) in [6, 6.07) is 9.13. The molecule has 1 aromatic rings. The molecule has 1 aromatic carbocycles. The number of hydrogen-bond acceptors (Lipinski definition) is 3. The minimum absolute atomic E-state index is 0.0556. The Balaban J connectivity index is 2.74. The molecule has 3 heteroatoms. The Morgan fingerprint density at radius 2 is 1.78 bits per heavy atom. The number of carbonyl (C=O) groups is 2. The highest BCUT2D eigenvalue weighted by atomic mass is 16.5. The van der Waals surface area contributed by atoms with E-state index in [1.165, 1.54) is 7.11 Å². The normalized spacial score (nSPS) is 12.9. The van der Waals surface area contributed by atoms with Crippen LogP contribution in [0.1, 0.15) is 37.6 Å². The monoisotopic (exact) mass is 248 g/mol. The maximum Gasteiger partial charge on any atom is 0.311 e. The van der Waals surface area contributed by atoms with Gasteiger partial charge in [-0.25, -0.2) is 0 Å². The van der Waals surface area contributed by atoms with Crippen LogP contribution in [0.15, 0.2) is 30.3 Å². The highest BCUT2D eigenvalue weighted by Gasteiger charge is 2.36.